The van der Waals surface area contributed by atoms with E-state index in [1.807, 2.05) is 34.0 Å². The molecule has 3 aromatic heterocycles. The minimum absolute atomic E-state index is 0.00382. The van der Waals surface area contributed by atoms with E-state index in [1.54, 1.807) is 0 Å². The van der Waals surface area contributed by atoms with E-state index in [0.717, 1.165) is 0 Å². The summed E-state index contributed by atoms with van der Waals surface area (Å²) < 4.78 is 8.01. The van der Waals surface area contributed by atoms with Gasteiger partial charge in [0.15, 0.2) is 0 Å². The van der Waals surface area contributed by atoms with Crippen LogP contribution >= 0.6 is 34.0 Å². The Morgan fingerprint density at radius 3 is 1.15 bits per heavy atom. The fraction of sp³-hybridized carbons (Fsp3) is 0. The smallest absolute Gasteiger partial charge is 0.329 e. The highest BCUT2D eigenvalue weighted by Gasteiger charge is 2.42. The lowest BCUT2D eigenvalue weighted by atomic mass is 9.43. The maximum atomic E-state index is 2.65. The molecule has 10 aromatic carbocycles. The molecule has 0 atom stereocenters. The van der Waals surface area contributed by atoms with Crippen molar-refractivity contribution in [3.8, 4) is 55.6 Å². The Bertz CT molecular complexity index is 4170. The molecule has 0 bridgehead atoms. The molecule has 0 saturated heterocycles. The highest BCUT2D eigenvalue weighted by molar-refractivity contribution is 7.27. The van der Waals surface area contributed by atoms with Crippen molar-refractivity contribution in [2.24, 2.45) is 0 Å². The van der Waals surface area contributed by atoms with Crippen molar-refractivity contribution in [1.82, 2.24) is 0 Å². The molecule has 5 heterocycles. The summed E-state index contributed by atoms with van der Waals surface area (Å²) in [7, 11) is 0. The van der Waals surface area contributed by atoms with Gasteiger partial charge in [-0.3, -0.25) is 0 Å². The van der Waals surface area contributed by atoms with Crippen LogP contribution in [0.2, 0.25) is 0 Å². The highest BCUT2D eigenvalue weighted by Crippen LogP contribution is 2.51. The van der Waals surface area contributed by atoms with E-state index in [2.05, 4.69) is 211 Å². The summed E-state index contributed by atoms with van der Waals surface area (Å²) in [4.78, 5) is 2.65. The van der Waals surface area contributed by atoms with E-state index >= 15 is 0 Å². The van der Waals surface area contributed by atoms with E-state index < -0.39 is 0 Å². The second-order valence-corrected chi connectivity index (χ2v) is 20.6. The summed E-state index contributed by atoms with van der Waals surface area (Å²) >= 11 is 5.71. The van der Waals surface area contributed by atoms with Gasteiger partial charge in [0.25, 0.3) is 0 Å². The van der Waals surface area contributed by atoms with Gasteiger partial charge in [-0.1, -0.05) is 158 Å². The van der Waals surface area contributed by atoms with Crippen LogP contribution in [0, 0.1) is 0 Å². The van der Waals surface area contributed by atoms with Gasteiger partial charge in [0.2, 0.25) is 0 Å². The first-order chi connectivity index (χ1) is 32.2. The zero-order valence-corrected chi connectivity index (χ0v) is 37.3. The molecule has 65 heavy (non-hydrogen) atoms. The molecule has 0 saturated carbocycles. The minimum atomic E-state index is 0.00382. The van der Waals surface area contributed by atoms with Crippen molar-refractivity contribution in [3.05, 3.63) is 206 Å². The Balaban J connectivity index is 0.968. The molecule has 1 nitrogen and oxygen atoms in total. The van der Waals surface area contributed by atoms with Crippen LogP contribution < -0.4 is 15.7 Å². The summed E-state index contributed by atoms with van der Waals surface area (Å²) in [5, 5.41) is 7.96. The van der Waals surface area contributed by atoms with Gasteiger partial charge in [-0.25, -0.2) is 0 Å². The lowest BCUT2D eigenvalue weighted by Crippen LogP contribution is -2.59. The third-order valence-corrected chi connectivity index (χ3v) is 17.8. The predicted molar refractivity (Wildman–Crippen MR) is 286 cm³/mol. The Hall–Kier alpha value is -7.28. The van der Waals surface area contributed by atoms with Crippen LogP contribution in [0.25, 0.3) is 116 Å². The average Bonchev–Trinajstić information content (AvgIpc) is 4.07. The number of nitrogens with zero attached hydrogens (tertiary/aromatic N) is 1. The number of benzene rings is 10. The first kappa shape index (κ1) is 36.1. The van der Waals surface area contributed by atoms with Crippen molar-refractivity contribution < 1.29 is 0 Å². The predicted octanol–water partition coefficient (Wildman–Crippen LogP) is 16.7. The first-order valence-corrected chi connectivity index (χ1v) is 24.7. The summed E-state index contributed by atoms with van der Waals surface area (Å²) in [5.74, 6) is 0. The Morgan fingerprint density at radius 1 is 0.277 bits per heavy atom. The van der Waals surface area contributed by atoms with Gasteiger partial charge in [-0.2, -0.15) is 0 Å². The SMILES string of the molecule is c1ccc2c(c1)B1c3ccc(-c4cccc5c4sc4ccccc45)cc3-c3cc(-c4cccc5c4sc4ccccc45)ccc3N1c1ccc(-c3cccc4c3sc3ccccc34)cc1-2. The van der Waals surface area contributed by atoms with Crippen molar-refractivity contribution in [1.29, 1.82) is 0 Å². The van der Waals surface area contributed by atoms with Crippen LogP contribution in [0.4, 0.5) is 11.4 Å². The van der Waals surface area contributed by atoms with E-state index in [4.69, 9.17) is 0 Å². The number of fused-ring (bicyclic) bond motifs is 20. The van der Waals surface area contributed by atoms with Gasteiger partial charge in [-0.15, -0.1) is 34.0 Å². The third kappa shape index (κ3) is 5.14. The van der Waals surface area contributed by atoms with Gasteiger partial charge < -0.3 is 4.81 Å². The molecule has 2 aliphatic rings. The molecule has 5 heteroatoms. The third-order valence-electron chi connectivity index (χ3n) is 14.1. The Morgan fingerprint density at radius 2 is 0.646 bits per heavy atom. The van der Waals surface area contributed by atoms with Gasteiger partial charge in [0, 0.05) is 83.0 Å². The van der Waals surface area contributed by atoms with Crippen LogP contribution in [0.1, 0.15) is 0 Å². The van der Waals surface area contributed by atoms with Crippen molar-refractivity contribution in [2.45, 2.75) is 0 Å². The van der Waals surface area contributed by atoms with Crippen molar-refractivity contribution in [2.75, 3.05) is 4.81 Å². The second-order valence-electron chi connectivity index (χ2n) is 17.5. The normalized spacial score (nSPS) is 12.9. The van der Waals surface area contributed by atoms with Crippen LogP contribution in [0.3, 0.4) is 0 Å². The van der Waals surface area contributed by atoms with Crippen LogP contribution in [0.5, 0.6) is 0 Å². The van der Waals surface area contributed by atoms with Crippen LogP contribution in [0.15, 0.2) is 206 Å². The van der Waals surface area contributed by atoms with Gasteiger partial charge in [-0.05, 0) is 104 Å². The highest BCUT2D eigenvalue weighted by atomic mass is 32.1. The second kappa shape index (κ2) is 13.6. The maximum absolute atomic E-state index is 2.65. The molecule has 0 N–H and O–H groups in total. The number of hydrogen-bond donors (Lipinski definition) is 0. The standard InChI is InChI=1S/C60H34BNS3/c1-5-22-51-41(12-1)49-33-36(39-17-10-20-46-43-14-3-7-24-56(43)64-59(39)46)27-30-53(49)62-54-31-28-37(40-18-11-21-47-44-15-4-8-25-57(44)65-60(40)47)34-50(54)48-32-35(26-29-52(48)61(51)62)38-16-9-19-45-42-13-2-6-23-55(42)63-58(38)45/h1-34H. The zero-order chi connectivity index (χ0) is 42.3. The zero-order valence-electron chi connectivity index (χ0n) is 34.9. The van der Waals surface area contributed by atoms with Crippen molar-refractivity contribution >= 4 is 124 Å². The molecule has 13 aromatic rings. The number of anilines is 2. The van der Waals surface area contributed by atoms with E-state index in [9.17, 15) is 0 Å². The van der Waals surface area contributed by atoms with E-state index in [-0.39, 0.29) is 6.85 Å². The Kier molecular flexibility index (Phi) is 7.57. The molecular weight excluding hydrogens is 842 g/mol. The fourth-order valence-electron chi connectivity index (χ4n) is 11.2. The number of rotatable bonds is 3. The first-order valence-electron chi connectivity index (χ1n) is 22.3. The van der Waals surface area contributed by atoms with Crippen LogP contribution in [-0.4, -0.2) is 6.85 Å². The lowest BCUT2D eigenvalue weighted by molar-refractivity contribution is 1.35. The average molecular weight is 876 g/mol. The monoisotopic (exact) mass is 875 g/mol. The van der Waals surface area contributed by atoms with Gasteiger partial charge in [0.1, 0.15) is 0 Å². The minimum Gasteiger partial charge on any atom is -0.376 e. The summed E-state index contributed by atoms with van der Waals surface area (Å²) in [6, 6.07) is 77.9. The molecule has 2 aliphatic heterocycles. The molecular formula is C60H34BNS3. The molecule has 0 unspecified atom stereocenters. The maximum Gasteiger partial charge on any atom is 0.329 e. The molecule has 15 rings (SSSR count). The largest absolute Gasteiger partial charge is 0.376 e. The summed E-state index contributed by atoms with van der Waals surface area (Å²) in [6.07, 6.45) is 0. The molecule has 0 aliphatic carbocycles. The van der Waals surface area contributed by atoms with Crippen LogP contribution in [-0.2, 0) is 0 Å². The molecule has 0 fully saturated rings. The molecule has 300 valence electrons. The number of thiophene rings is 3. The quantitative estimate of drug-likeness (QED) is 0.160. The van der Waals surface area contributed by atoms with E-state index in [1.165, 1.54) is 138 Å². The summed E-state index contributed by atoms with van der Waals surface area (Å²) in [5.41, 5.74) is 17.9. The van der Waals surface area contributed by atoms with E-state index in [0.29, 0.717) is 0 Å². The molecule has 0 spiro atoms. The Labute approximate surface area is 387 Å². The molecule has 0 radical (unpaired) electrons. The fourth-order valence-corrected chi connectivity index (χ4v) is 14.9. The topological polar surface area (TPSA) is 3.24 Å². The lowest BCUT2D eigenvalue weighted by Gasteiger charge is -2.43. The number of hydrogen-bond acceptors (Lipinski definition) is 4. The van der Waals surface area contributed by atoms with Gasteiger partial charge >= 0.3 is 6.85 Å². The molecule has 0 amide bonds. The van der Waals surface area contributed by atoms with Gasteiger partial charge in [0.05, 0.1) is 0 Å². The summed E-state index contributed by atoms with van der Waals surface area (Å²) in [6.45, 7) is 0.00382. The van der Waals surface area contributed by atoms with Crippen molar-refractivity contribution in [3.63, 3.8) is 0 Å².